The number of aliphatic carboxylic acids is 1. The normalized spacial score (nSPS) is 23.3. The van der Waals surface area contributed by atoms with Crippen molar-refractivity contribution in [2.24, 2.45) is 4.99 Å². The Labute approximate surface area is 93.2 Å². The van der Waals surface area contributed by atoms with Crippen molar-refractivity contribution >= 4 is 11.7 Å². The third-order valence-electron chi connectivity index (χ3n) is 1.81. The summed E-state index contributed by atoms with van der Waals surface area (Å²) >= 11 is 0. The van der Waals surface area contributed by atoms with Gasteiger partial charge in [0.25, 0.3) is 0 Å². The number of nitriles is 1. The van der Waals surface area contributed by atoms with Crippen LogP contribution >= 0.6 is 0 Å². The largest absolute Gasteiger partial charge is 0.477 e. The van der Waals surface area contributed by atoms with Crippen molar-refractivity contribution in [2.45, 2.75) is 6.42 Å². The maximum absolute atomic E-state index is 10.8. The minimum atomic E-state index is -1.12. The lowest BCUT2D eigenvalue weighted by Crippen LogP contribution is -2.12. The second kappa shape index (κ2) is 5.47. The average molecular weight is 214 g/mol. The zero-order chi connectivity index (χ0) is 12.0. The first-order valence-corrected chi connectivity index (χ1v) is 4.58. The van der Waals surface area contributed by atoms with Crippen LogP contribution in [-0.2, 0) is 4.79 Å². The highest BCUT2D eigenvalue weighted by molar-refractivity contribution is 6.36. The molecule has 1 aliphatic heterocycles. The van der Waals surface area contributed by atoms with Crippen LogP contribution in [0, 0.1) is 11.3 Å². The second-order valence-corrected chi connectivity index (χ2v) is 3.07. The smallest absolute Gasteiger partial charge is 0.350 e. The molecule has 0 saturated heterocycles. The van der Waals surface area contributed by atoms with Gasteiger partial charge >= 0.3 is 5.97 Å². The van der Waals surface area contributed by atoms with Gasteiger partial charge in [0.15, 0.2) is 0 Å². The van der Waals surface area contributed by atoms with Crippen molar-refractivity contribution < 1.29 is 9.90 Å². The Morgan fingerprint density at radius 2 is 2.31 bits per heavy atom. The molecular formula is C12H10N2O2. The third kappa shape index (κ3) is 3.39. The maximum Gasteiger partial charge on any atom is 0.350 e. The number of nitrogens with zero attached hydrogens (tertiary/aromatic N) is 2. The standard InChI is InChI=1S/C12H10N2O2/c1-9-5-3-2-4-6-11(12(15)16)14-10(7-9)8-13/h2-5,7H,1,6H2,(H,15,16)/b4-2-,5-3-,10-7-,14-11?. The van der Waals surface area contributed by atoms with Crippen LogP contribution in [0.1, 0.15) is 6.42 Å². The quantitative estimate of drug-likeness (QED) is 0.725. The van der Waals surface area contributed by atoms with E-state index < -0.39 is 5.97 Å². The molecular weight excluding hydrogens is 204 g/mol. The molecule has 0 atom stereocenters. The van der Waals surface area contributed by atoms with E-state index in [0.717, 1.165) is 0 Å². The van der Waals surface area contributed by atoms with Gasteiger partial charge in [-0.25, -0.2) is 9.79 Å². The molecule has 16 heavy (non-hydrogen) atoms. The third-order valence-corrected chi connectivity index (χ3v) is 1.81. The molecule has 0 amide bonds. The van der Waals surface area contributed by atoms with Gasteiger partial charge in [-0.15, -0.1) is 0 Å². The van der Waals surface area contributed by atoms with E-state index in [9.17, 15) is 4.79 Å². The topological polar surface area (TPSA) is 73.4 Å². The Morgan fingerprint density at radius 3 is 2.94 bits per heavy atom. The van der Waals surface area contributed by atoms with E-state index in [1.165, 1.54) is 6.08 Å². The summed E-state index contributed by atoms with van der Waals surface area (Å²) < 4.78 is 0. The van der Waals surface area contributed by atoms with Crippen molar-refractivity contribution in [1.29, 1.82) is 5.26 Å². The molecule has 4 heteroatoms. The summed E-state index contributed by atoms with van der Waals surface area (Å²) in [5.41, 5.74) is 0.575. The molecule has 0 fully saturated rings. The fraction of sp³-hybridized carbons (Fsp3) is 0.0833. The minimum Gasteiger partial charge on any atom is -0.477 e. The van der Waals surface area contributed by atoms with Gasteiger partial charge in [0, 0.05) is 6.42 Å². The minimum absolute atomic E-state index is 0.0438. The molecule has 0 saturated carbocycles. The van der Waals surface area contributed by atoms with E-state index in [2.05, 4.69) is 11.6 Å². The first kappa shape index (κ1) is 11.7. The van der Waals surface area contributed by atoms with Gasteiger partial charge in [0.1, 0.15) is 17.5 Å². The van der Waals surface area contributed by atoms with E-state index in [-0.39, 0.29) is 17.8 Å². The number of carboxylic acids is 1. The van der Waals surface area contributed by atoms with Crippen molar-refractivity contribution in [3.63, 3.8) is 0 Å². The van der Waals surface area contributed by atoms with Crippen molar-refractivity contribution in [3.8, 4) is 6.07 Å². The summed E-state index contributed by atoms with van der Waals surface area (Å²) in [6, 6.07) is 1.83. The lowest BCUT2D eigenvalue weighted by atomic mass is 10.2. The molecule has 0 aromatic rings. The Balaban J connectivity index is 3.17. The Hall–Kier alpha value is -2.41. The Bertz CT molecular complexity index is 474. The molecule has 1 rings (SSSR count). The second-order valence-electron chi connectivity index (χ2n) is 3.07. The number of allylic oxidation sites excluding steroid dienone is 7. The van der Waals surface area contributed by atoms with Crippen LogP contribution in [0.2, 0.25) is 0 Å². The first-order chi connectivity index (χ1) is 7.63. The van der Waals surface area contributed by atoms with E-state index in [1.807, 2.05) is 6.07 Å². The number of rotatable bonds is 1. The number of carboxylic acid groups (broad SMARTS) is 1. The molecule has 0 bridgehead atoms. The van der Waals surface area contributed by atoms with Gasteiger partial charge in [-0.3, -0.25) is 0 Å². The Kier molecular flexibility index (Phi) is 3.98. The van der Waals surface area contributed by atoms with Crippen LogP contribution < -0.4 is 0 Å². The molecule has 0 radical (unpaired) electrons. The van der Waals surface area contributed by atoms with Gasteiger partial charge in [-0.2, -0.15) is 5.26 Å². The summed E-state index contributed by atoms with van der Waals surface area (Å²) in [6.45, 7) is 3.69. The molecule has 1 heterocycles. The van der Waals surface area contributed by atoms with Gasteiger partial charge in [0.2, 0.25) is 0 Å². The molecule has 0 spiro atoms. The van der Waals surface area contributed by atoms with E-state index >= 15 is 0 Å². The van der Waals surface area contributed by atoms with Crippen LogP contribution in [-0.4, -0.2) is 16.8 Å². The van der Waals surface area contributed by atoms with E-state index in [4.69, 9.17) is 10.4 Å². The molecule has 0 unspecified atom stereocenters. The Morgan fingerprint density at radius 1 is 1.56 bits per heavy atom. The van der Waals surface area contributed by atoms with Crippen LogP contribution in [0.3, 0.4) is 0 Å². The maximum atomic E-state index is 10.8. The van der Waals surface area contributed by atoms with Crippen LogP contribution in [0.25, 0.3) is 0 Å². The summed E-state index contributed by atoms with van der Waals surface area (Å²) in [7, 11) is 0. The monoisotopic (exact) mass is 214 g/mol. The predicted octanol–water partition coefficient (Wildman–Crippen LogP) is 1.99. The van der Waals surface area contributed by atoms with E-state index in [0.29, 0.717) is 5.57 Å². The van der Waals surface area contributed by atoms with Gasteiger partial charge < -0.3 is 5.11 Å². The molecule has 0 aliphatic carbocycles. The molecule has 0 aromatic heterocycles. The molecule has 80 valence electrons. The zero-order valence-electron chi connectivity index (χ0n) is 8.55. The number of carbonyl (C=O) groups is 1. The fourth-order valence-electron chi connectivity index (χ4n) is 1.08. The number of hydrogen-bond donors (Lipinski definition) is 1. The van der Waals surface area contributed by atoms with Crippen LogP contribution in [0.4, 0.5) is 0 Å². The highest BCUT2D eigenvalue weighted by Crippen LogP contribution is 2.07. The zero-order valence-corrected chi connectivity index (χ0v) is 8.55. The predicted molar refractivity (Wildman–Crippen MR) is 60.8 cm³/mol. The highest BCUT2D eigenvalue weighted by atomic mass is 16.4. The summed E-state index contributed by atoms with van der Waals surface area (Å²) in [5.74, 6) is -1.12. The van der Waals surface area contributed by atoms with Crippen LogP contribution in [0.15, 0.2) is 53.2 Å². The van der Waals surface area contributed by atoms with Gasteiger partial charge in [-0.05, 0) is 11.6 Å². The lowest BCUT2D eigenvalue weighted by Gasteiger charge is -1.98. The van der Waals surface area contributed by atoms with Crippen LogP contribution in [0.5, 0.6) is 0 Å². The summed E-state index contributed by atoms with van der Waals surface area (Å²) in [6.07, 6.45) is 8.46. The SMILES string of the molecule is C=C1/C=C\C=C/CC(C(=O)O)=N/C(C#N)=C\1. The molecule has 1 N–H and O–H groups in total. The molecule has 4 nitrogen and oxygen atoms in total. The summed E-state index contributed by atoms with van der Waals surface area (Å²) in [4.78, 5) is 14.6. The first-order valence-electron chi connectivity index (χ1n) is 4.58. The van der Waals surface area contributed by atoms with E-state index in [1.54, 1.807) is 24.3 Å². The number of aliphatic imine (C=N–C) groups is 1. The highest BCUT2D eigenvalue weighted by Gasteiger charge is 2.08. The molecule has 1 aliphatic rings. The number of hydrogen-bond acceptors (Lipinski definition) is 3. The van der Waals surface area contributed by atoms with Crippen molar-refractivity contribution in [3.05, 3.63) is 48.2 Å². The van der Waals surface area contributed by atoms with Crippen molar-refractivity contribution in [2.75, 3.05) is 0 Å². The summed E-state index contributed by atoms with van der Waals surface area (Å²) in [5, 5.41) is 17.6. The fourth-order valence-corrected chi connectivity index (χ4v) is 1.08. The molecule has 0 aromatic carbocycles. The lowest BCUT2D eigenvalue weighted by molar-refractivity contribution is -0.129. The average Bonchev–Trinajstić information content (AvgIpc) is 2.25. The van der Waals surface area contributed by atoms with Gasteiger partial charge in [0.05, 0.1) is 0 Å². The van der Waals surface area contributed by atoms with Gasteiger partial charge in [-0.1, -0.05) is 30.9 Å². The van der Waals surface area contributed by atoms with Crippen molar-refractivity contribution in [1.82, 2.24) is 0 Å².